The van der Waals surface area contributed by atoms with Crippen LogP contribution in [0.5, 0.6) is 0 Å². The summed E-state index contributed by atoms with van der Waals surface area (Å²) < 4.78 is 0. The Morgan fingerprint density at radius 1 is 1.50 bits per heavy atom. The van der Waals surface area contributed by atoms with E-state index in [0.717, 1.165) is 5.92 Å². The average Bonchev–Trinajstić information content (AvgIpc) is 2.02. The molecule has 0 nitrogen and oxygen atoms in total. The second-order valence-electron chi connectivity index (χ2n) is 5.92. The normalized spacial score (nSPS) is 23.1. The van der Waals surface area contributed by atoms with Crippen molar-refractivity contribution in [2.75, 3.05) is 0 Å². The SMILES string of the molecule is C=C(C)C1CC=C(CC(C)(C)C)CC1. The standard InChI is InChI=1S/C14H24/c1-11(2)13-8-6-12(7-9-13)10-14(3,4)5/h6,13H,1,7-10H2,2-5H3. The second kappa shape index (κ2) is 4.33. The van der Waals surface area contributed by atoms with Crippen LogP contribution in [0.25, 0.3) is 0 Å². The van der Waals surface area contributed by atoms with Crippen molar-refractivity contribution in [1.82, 2.24) is 0 Å². The van der Waals surface area contributed by atoms with Gasteiger partial charge in [0.15, 0.2) is 0 Å². The molecule has 0 aromatic rings. The van der Waals surface area contributed by atoms with Crippen LogP contribution in [0.15, 0.2) is 23.8 Å². The third-order valence-electron chi connectivity index (χ3n) is 2.96. The Morgan fingerprint density at radius 2 is 2.14 bits per heavy atom. The van der Waals surface area contributed by atoms with Gasteiger partial charge in [-0.3, -0.25) is 0 Å². The third-order valence-corrected chi connectivity index (χ3v) is 2.96. The molecule has 0 bridgehead atoms. The van der Waals surface area contributed by atoms with Crippen LogP contribution in [0, 0.1) is 11.3 Å². The summed E-state index contributed by atoms with van der Waals surface area (Å²) in [5.41, 5.74) is 3.47. The highest BCUT2D eigenvalue weighted by Crippen LogP contribution is 2.34. The maximum absolute atomic E-state index is 4.05. The van der Waals surface area contributed by atoms with Gasteiger partial charge in [0, 0.05) is 0 Å². The second-order valence-corrected chi connectivity index (χ2v) is 5.92. The van der Waals surface area contributed by atoms with Crippen LogP contribution in [0.4, 0.5) is 0 Å². The maximum Gasteiger partial charge on any atom is -0.0171 e. The van der Waals surface area contributed by atoms with Crippen molar-refractivity contribution in [3.05, 3.63) is 23.8 Å². The van der Waals surface area contributed by atoms with Crippen LogP contribution in [-0.4, -0.2) is 0 Å². The number of hydrogen-bond donors (Lipinski definition) is 0. The van der Waals surface area contributed by atoms with E-state index in [1.165, 1.54) is 31.3 Å². The van der Waals surface area contributed by atoms with Crippen molar-refractivity contribution in [2.45, 2.75) is 53.4 Å². The zero-order valence-corrected chi connectivity index (χ0v) is 10.2. The van der Waals surface area contributed by atoms with Crippen molar-refractivity contribution < 1.29 is 0 Å². The Labute approximate surface area is 89.1 Å². The zero-order chi connectivity index (χ0) is 10.8. The Morgan fingerprint density at radius 3 is 2.50 bits per heavy atom. The van der Waals surface area contributed by atoms with Crippen molar-refractivity contribution >= 4 is 0 Å². The Hall–Kier alpha value is -0.520. The van der Waals surface area contributed by atoms with E-state index in [2.05, 4.69) is 40.3 Å². The van der Waals surface area contributed by atoms with E-state index >= 15 is 0 Å². The van der Waals surface area contributed by atoms with Crippen LogP contribution >= 0.6 is 0 Å². The monoisotopic (exact) mass is 192 g/mol. The smallest absolute Gasteiger partial charge is 0.0171 e. The molecule has 0 fully saturated rings. The molecule has 0 saturated heterocycles. The lowest BCUT2D eigenvalue weighted by Crippen LogP contribution is -2.11. The van der Waals surface area contributed by atoms with Gasteiger partial charge in [0.2, 0.25) is 0 Å². The minimum atomic E-state index is 0.446. The third kappa shape index (κ3) is 3.69. The lowest BCUT2D eigenvalue weighted by Gasteiger charge is -2.26. The largest absolute Gasteiger partial charge is 0.0998 e. The summed E-state index contributed by atoms with van der Waals surface area (Å²) in [6.45, 7) is 13.2. The minimum Gasteiger partial charge on any atom is -0.0998 e. The molecule has 0 heteroatoms. The molecule has 0 aromatic carbocycles. The van der Waals surface area contributed by atoms with Crippen molar-refractivity contribution in [1.29, 1.82) is 0 Å². The molecule has 1 aliphatic rings. The topological polar surface area (TPSA) is 0 Å². The summed E-state index contributed by atoms with van der Waals surface area (Å²) in [5, 5.41) is 0. The summed E-state index contributed by atoms with van der Waals surface area (Å²) >= 11 is 0. The molecule has 80 valence electrons. The molecule has 1 rings (SSSR count). The van der Waals surface area contributed by atoms with Crippen molar-refractivity contribution in [2.24, 2.45) is 11.3 Å². The fourth-order valence-corrected chi connectivity index (χ4v) is 2.18. The maximum atomic E-state index is 4.05. The molecule has 0 radical (unpaired) electrons. The van der Waals surface area contributed by atoms with Gasteiger partial charge in [0.25, 0.3) is 0 Å². The molecule has 1 aliphatic carbocycles. The molecular formula is C14H24. The van der Waals surface area contributed by atoms with Crippen LogP contribution in [-0.2, 0) is 0 Å². The quantitative estimate of drug-likeness (QED) is 0.555. The van der Waals surface area contributed by atoms with Gasteiger partial charge in [-0.15, -0.1) is 0 Å². The molecule has 0 spiro atoms. The molecule has 0 amide bonds. The molecule has 0 aromatic heterocycles. The molecule has 1 atom stereocenters. The fraction of sp³-hybridized carbons (Fsp3) is 0.714. The van der Waals surface area contributed by atoms with Crippen molar-refractivity contribution in [3.63, 3.8) is 0 Å². The zero-order valence-electron chi connectivity index (χ0n) is 10.2. The first kappa shape index (κ1) is 11.6. The molecule has 14 heavy (non-hydrogen) atoms. The predicted molar refractivity (Wildman–Crippen MR) is 64.3 cm³/mol. The van der Waals surface area contributed by atoms with E-state index in [4.69, 9.17) is 0 Å². The molecule has 0 saturated carbocycles. The average molecular weight is 192 g/mol. The van der Waals surface area contributed by atoms with E-state index in [1.54, 1.807) is 5.57 Å². The van der Waals surface area contributed by atoms with Crippen molar-refractivity contribution in [3.8, 4) is 0 Å². The molecule has 0 aliphatic heterocycles. The summed E-state index contributed by atoms with van der Waals surface area (Å²) in [7, 11) is 0. The van der Waals surface area contributed by atoms with E-state index in [1.807, 2.05) is 0 Å². The summed E-state index contributed by atoms with van der Waals surface area (Å²) in [6, 6.07) is 0. The highest BCUT2D eigenvalue weighted by molar-refractivity contribution is 5.13. The molecular weight excluding hydrogens is 168 g/mol. The number of allylic oxidation sites excluding steroid dienone is 3. The van der Waals surface area contributed by atoms with Gasteiger partial charge >= 0.3 is 0 Å². The summed E-state index contributed by atoms with van der Waals surface area (Å²) in [4.78, 5) is 0. The lowest BCUT2D eigenvalue weighted by molar-refractivity contribution is 0.391. The van der Waals surface area contributed by atoms with E-state index < -0.39 is 0 Å². The van der Waals surface area contributed by atoms with E-state index in [0.29, 0.717) is 5.41 Å². The van der Waals surface area contributed by atoms with Gasteiger partial charge < -0.3 is 0 Å². The highest BCUT2D eigenvalue weighted by atomic mass is 14.2. The number of rotatable bonds is 2. The van der Waals surface area contributed by atoms with E-state index in [-0.39, 0.29) is 0 Å². The lowest BCUT2D eigenvalue weighted by atomic mass is 9.79. The predicted octanol–water partition coefficient (Wildman–Crippen LogP) is 4.73. The summed E-state index contributed by atoms with van der Waals surface area (Å²) in [5.74, 6) is 0.749. The summed E-state index contributed by atoms with van der Waals surface area (Å²) in [6.07, 6.45) is 7.54. The first-order valence-electron chi connectivity index (χ1n) is 5.72. The number of hydrogen-bond acceptors (Lipinski definition) is 0. The van der Waals surface area contributed by atoms with Crippen LogP contribution < -0.4 is 0 Å². The minimum absolute atomic E-state index is 0.446. The Kier molecular flexibility index (Phi) is 3.58. The molecule has 0 N–H and O–H groups in total. The van der Waals surface area contributed by atoms with Gasteiger partial charge in [-0.25, -0.2) is 0 Å². The highest BCUT2D eigenvalue weighted by Gasteiger charge is 2.18. The van der Waals surface area contributed by atoms with E-state index in [9.17, 15) is 0 Å². The Bertz CT molecular complexity index is 237. The van der Waals surface area contributed by atoms with Gasteiger partial charge in [0.05, 0.1) is 0 Å². The molecule has 0 heterocycles. The first-order chi connectivity index (χ1) is 6.38. The van der Waals surface area contributed by atoms with Crippen LogP contribution in [0.1, 0.15) is 53.4 Å². The molecule has 1 unspecified atom stereocenters. The fourth-order valence-electron chi connectivity index (χ4n) is 2.18. The van der Waals surface area contributed by atoms with Gasteiger partial charge in [-0.1, -0.05) is 44.6 Å². The van der Waals surface area contributed by atoms with Gasteiger partial charge in [0.1, 0.15) is 0 Å². The first-order valence-corrected chi connectivity index (χ1v) is 5.72. The van der Waals surface area contributed by atoms with Crippen LogP contribution in [0.3, 0.4) is 0 Å². The Balaban J connectivity index is 2.49. The van der Waals surface area contributed by atoms with Crippen LogP contribution in [0.2, 0.25) is 0 Å². The van der Waals surface area contributed by atoms with Gasteiger partial charge in [-0.05, 0) is 43.9 Å². The van der Waals surface area contributed by atoms with Gasteiger partial charge in [-0.2, -0.15) is 0 Å².